The molecule has 7 nitrogen and oxygen atoms in total. The van der Waals surface area contributed by atoms with Crippen LogP contribution >= 0.6 is 0 Å². The molecule has 0 bridgehead atoms. The van der Waals surface area contributed by atoms with E-state index in [1.165, 1.54) is 11.8 Å². The Morgan fingerprint density at radius 3 is 2.19 bits per heavy atom. The van der Waals surface area contributed by atoms with E-state index < -0.39 is 23.7 Å². The van der Waals surface area contributed by atoms with Crippen molar-refractivity contribution in [2.45, 2.75) is 39.8 Å². The summed E-state index contributed by atoms with van der Waals surface area (Å²) in [6, 6.07) is 28.0. The molecule has 1 heterocycles. The van der Waals surface area contributed by atoms with Gasteiger partial charge in [-0.3, -0.25) is 19.3 Å². The predicted octanol–water partition coefficient (Wildman–Crippen LogP) is 6.69. The van der Waals surface area contributed by atoms with Crippen LogP contribution < -0.4 is 14.4 Å². The molecule has 0 spiro atoms. The summed E-state index contributed by atoms with van der Waals surface area (Å²) in [5.41, 5.74) is 4.34. The second-order valence-electron chi connectivity index (χ2n) is 10.1. The van der Waals surface area contributed by atoms with Crippen LogP contribution in [0.1, 0.15) is 47.7 Å². The maximum atomic E-state index is 13.5. The lowest BCUT2D eigenvalue weighted by molar-refractivity contribution is -0.132. The number of nitrogens with zero attached hydrogens (tertiary/aromatic N) is 1. The van der Waals surface area contributed by atoms with Gasteiger partial charge in [0.25, 0.3) is 11.7 Å². The van der Waals surface area contributed by atoms with Gasteiger partial charge in [0, 0.05) is 18.2 Å². The van der Waals surface area contributed by atoms with Gasteiger partial charge >= 0.3 is 5.97 Å². The maximum Gasteiger partial charge on any atom is 0.308 e. The topological polar surface area (TPSA) is 93.1 Å². The van der Waals surface area contributed by atoms with Crippen LogP contribution in [0.3, 0.4) is 0 Å². The lowest BCUT2D eigenvalue weighted by Gasteiger charge is -2.26. The highest BCUT2D eigenvalue weighted by atomic mass is 16.5. The summed E-state index contributed by atoms with van der Waals surface area (Å²) in [5, 5.41) is 11.6. The monoisotopic (exact) mass is 561 g/mol. The third kappa shape index (κ3) is 5.81. The van der Waals surface area contributed by atoms with Crippen molar-refractivity contribution in [3.8, 4) is 11.5 Å². The third-order valence-electron chi connectivity index (χ3n) is 7.21. The van der Waals surface area contributed by atoms with E-state index in [0.29, 0.717) is 34.9 Å². The van der Waals surface area contributed by atoms with Crippen LogP contribution in [0.15, 0.2) is 103 Å². The van der Waals surface area contributed by atoms with Crippen molar-refractivity contribution in [2.24, 2.45) is 0 Å². The summed E-state index contributed by atoms with van der Waals surface area (Å²) in [7, 11) is 0. The summed E-state index contributed by atoms with van der Waals surface area (Å²) < 4.78 is 11.1. The number of amides is 1. The van der Waals surface area contributed by atoms with Crippen LogP contribution in [-0.4, -0.2) is 22.8 Å². The van der Waals surface area contributed by atoms with Crippen LogP contribution in [-0.2, 0) is 27.4 Å². The molecule has 0 saturated carbocycles. The standard InChI is InChI=1S/C35H31NO6/c1-4-24-10-15-28(16-11-24)36-32(26-12-17-29(18-13-26)42-23(3)37)31(34(39)35(36)40)33(38)27-14-19-30(22(2)20-27)41-21-25-8-6-5-7-9-25/h5-20,32,38H,4,21H2,1-3H3/b33-31-. The average molecular weight is 562 g/mol. The number of aliphatic hydroxyl groups excluding tert-OH is 1. The van der Waals surface area contributed by atoms with E-state index in [2.05, 4.69) is 0 Å². The highest BCUT2D eigenvalue weighted by Gasteiger charge is 2.47. The first kappa shape index (κ1) is 28.4. The van der Waals surface area contributed by atoms with Crippen molar-refractivity contribution >= 4 is 29.1 Å². The van der Waals surface area contributed by atoms with Crippen molar-refractivity contribution in [1.82, 2.24) is 0 Å². The fraction of sp³-hybridized carbons (Fsp3) is 0.171. The van der Waals surface area contributed by atoms with E-state index in [0.717, 1.165) is 23.1 Å². The van der Waals surface area contributed by atoms with Crippen LogP contribution in [0.5, 0.6) is 11.5 Å². The van der Waals surface area contributed by atoms with E-state index in [1.54, 1.807) is 54.6 Å². The van der Waals surface area contributed by atoms with E-state index in [1.807, 2.05) is 56.3 Å². The van der Waals surface area contributed by atoms with Gasteiger partial charge in [0.15, 0.2) is 0 Å². The molecule has 1 aliphatic rings. The molecule has 1 unspecified atom stereocenters. The molecule has 7 heteroatoms. The second-order valence-corrected chi connectivity index (χ2v) is 10.1. The smallest absolute Gasteiger partial charge is 0.308 e. The number of ether oxygens (including phenoxy) is 2. The Hall–Kier alpha value is -5.17. The average Bonchev–Trinajstić information content (AvgIpc) is 3.26. The first-order valence-corrected chi connectivity index (χ1v) is 13.7. The number of carbonyl (C=O) groups excluding carboxylic acids is 3. The Balaban J connectivity index is 1.55. The Labute approximate surface area is 244 Å². The normalized spacial score (nSPS) is 16.0. The molecule has 0 aliphatic carbocycles. The molecule has 1 aliphatic heterocycles. The molecular weight excluding hydrogens is 530 g/mol. The molecule has 4 aromatic rings. The van der Waals surface area contributed by atoms with Gasteiger partial charge < -0.3 is 14.6 Å². The van der Waals surface area contributed by atoms with E-state index >= 15 is 0 Å². The fourth-order valence-electron chi connectivity index (χ4n) is 5.04. The number of anilines is 1. The lowest BCUT2D eigenvalue weighted by Crippen LogP contribution is -2.29. The number of rotatable bonds is 8. The van der Waals surface area contributed by atoms with Crippen LogP contribution in [0, 0.1) is 6.92 Å². The summed E-state index contributed by atoms with van der Waals surface area (Å²) in [5.74, 6) is -1.30. The summed E-state index contributed by atoms with van der Waals surface area (Å²) in [4.78, 5) is 39.8. The zero-order chi connectivity index (χ0) is 29.8. The number of ketones is 1. The van der Waals surface area contributed by atoms with Crippen molar-refractivity contribution in [3.63, 3.8) is 0 Å². The van der Waals surface area contributed by atoms with Gasteiger partial charge in [-0.25, -0.2) is 0 Å². The van der Waals surface area contributed by atoms with Crippen molar-refractivity contribution in [1.29, 1.82) is 0 Å². The molecular formula is C35H31NO6. The zero-order valence-corrected chi connectivity index (χ0v) is 23.7. The van der Waals surface area contributed by atoms with Gasteiger partial charge in [-0.15, -0.1) is 0 Å². The zero-order valence-electron chi connectivity index (χ0n) is 23.7. The van der Waals surface area contributed by atoms with Gasteiger partial charge in [-0.05, 0) is 78.1 Å². The molecule has 1 amide bonds. The van der Waals surface area contributed by atoms with Gasteiger partial charge in [-0.1, -0.05) is 61.5 Å². The molecule has 1 saturated heterocycles. The molecule has 5 rings (SSSR count). The van der Waals surface area contributed by atoms with Crippen molar-refractivity contribution < 1.29 is 29.0 Å². The van der Waals surface area contributed by atoms with Gasteiger partial charge in [-0.2, -0.15) is 0 Å². The number of benzene rings is 4. The van der Waals surface area contributed by atoms with Gasteiger partial charge in [0.1, 0.15) is 23.9 Å². The van der Waals surface area contributed by atoms with Crippen LogP contribution in [0.4, 0.5) is 5.69 Å². The summed E-state index contributed by atoms with van der Waals surface area (Å²) >= 11 is 0. The fourth-order valence-corrected chi connectivity index (χ4v) is 5.04. The lowest BCUT2D eigenvalue weighted by atomic mass is 9.94. The highest BCUT2D eigenvalue weighted by Crippen LogP contribution is 2.43. The number of aryl methyl sites for hydroxylation is 2. The minimum absolute atomic E-state index is 0.0304. The Morgan fingerprint density at radius 1 is 0.881 bits per heavy atom. The Kier molecular flexibility index (Phi) is 8.20. The number of carbonyl (C=O) groups is 3. The Bertz CT molecular complexity index is 1660. The number of Topliss-reactive ketones (excluding diaryl/α,β-unsaturated/α-hetero) is 1. The van der Waals surface area contributed by atoms with E-state index in [9.17, 15) is 19.5 Å². The van der Waals surface area contributed by atoms with E-state index in [4.69, 9.17) is 9.47 Å². The number of hydrogen-bond acceptors (Lipinski definition) is 6. The molecule has 42 heavy (non-hydrogen) atoms. The summed E-state index contributed by atoms with van der Waals surface area (Å²) in [6.45, 7) is 5.59. The Morgan fingerprint density at radius 2 is 1.57 bits per heavy atom. The number of aliphatic hydroxyl groups is 1. The number of esters is 1. The quantitative estimate of drug-likeness (QED) is 0.0847. The SMILES string of the molecule is CCc1ccc(N2C(=O)C(=O)/C(=C(\O)c3ccc(OCc4ccccc4)c(C)c3)C2c2ccc(OC(C)=O)cc2)cc1. The highest BCUT2D eigenvalue weighted by molar-refractivity contribution is 6.51. The predicted molar refractivity (Wildman–Crippen MR) is 160 cm³/mol. The first-order valence-electron chi connectivity index (χ1n) is 13.7. The van der Waals surface area contributed by atoms with E-state index in [-0.39, 0.29) is 11.3 Å². The first-order chi connectivity index (χ1) is 20.3. The van der Waals surface area contributed by atoms with Crippen LogP contribution in [0.25, 0.3) is 5.76 Å². The van der Waals surface area contributed by atoms with Gasteiger partial charge in [0.2, 0.25) is 0 Å². The van der Waals surface area contributed by atoms with Crippen molar-refractivity contribution in [2.75, 3.05) is 4.90 Å². The summed E-state index contributed by atoms with van der Waals surface area (Å²) in [6.07, 6.45) is 0.824. The van der Waals surface area contributed by atoms with Gasteiger partial charge in [0.05, 0.1) is 11.6 Å². The minimum atomic E-state index is -0.904. The molecule has 212 valence electrons. The largest absolute Gasteiger partial charge is 0.507 e. The maximum absolute atomic E-state index is 13.5. The van der Waals surface area contributed by atoms with Crippen molar-refractivity contribution in [3.05, 3.63) is 130 Å². The number of hydrogen-bond donors (Lipinski definition) is 1. The molecule has 0 aromatic heterocycles. The molecule has 4 aromatic carbocycles. The second kappa shape index (κ2) is 12.1. The molecule has 0 radical (unpaired) electrons. The third-order valence-corrected chi connectivity index (χ3v) is 7.21. The molecule has 1 atom stereocenters. The minimum Gasteiger partial charge on any atom is -0.507 e. The molecule has 1 N–H and O–H groups in total. The molecule has 1 fully saturated rings. The van der Waals surface area contributed by atoms with Crippen LogP contribution in [0.2, 0.25) is 0 Å².